The van der Waals surface area contributed by atoms with Crippen LogP contribution in [0.2, 0.25) is 0 Å². The Morgan fingerprint density at radius 1 is 1.00 bits per heavy atom. The number of primary amides is 1. The predicted molar refractivity (Wildman–Crippen MR) is 116 cm³/mol. The summed E-state index contributed by atoms with van der Waals surface area (Å²) in [5.41, 5.74) is 5.66. The zero-order valence-electron chi connectivity index (χ0n) is 19.8. The summed E-state index contributed by atoms with van der Waals surface area (Å²) in [6.07, 6.45) is -10.4. The van der Waals surface area contributed by atoms with Crippen LogP contribution >= 0.6 is 0 Å². The Morgan fingerprint density at radius 2 is 1.57 bits per heavy atom. The molecule has 208 valence electrons. The fraction of sp³-hybridized carbons (Fsp3) is 0.524. The van der Waals surface area contributed by atoms with Gasteiger partial charge in [-0.1, -0.05) is 13.8 Å². The molecule has 0 aliphatic heterocycles. The number of nitrogens with two attached hydrogens (primary N) is 2. The fourth-order valence-corrected chi connectivity index (χ4v) is 2.93. The number of carbonyl (C=O) groups excluding carboxylic acids is 1. The highest BCUT2D eigenvalue weighted by atomic mass is 19.4. The highest BCUT2D eigenvalue weighted by molar-refractivity contribution is 6.12. The second kappa shape index (κ2) is 12.3. The van der Waals surface area contributed by atoms with Crippen LogP contribution in [0.4, 0.5) is 39.5 Å². The number of hydrogen-bond donors (Lipinski definition) is 2. The highest BCUT2D eigenvalue weighted by Crippen LogP contribution is 2.30. The number of fused-ring (bicyclic) bond motifs is 1. The summed E-state index contributed by atoms with van der Waals surface area (Å²) in [5, 5.41) is 0. The molecule has 0 unspecified atom stereocenters. The van der Waals surface area contributed by atoms with Gasteiger partial charge in [0.1, 0.15) is 17.2 Å². The molecule has 0 atom stereocenters. The Morgan fingerprint density at radius 3 is 1.97 bits per heavy atom. The van der Waals surface area contributed by atoms with Gasteiger partial charge in [-0.15, -0.1) is 13.2 Å². The monoisotopic (exact) mass is 549 g/mol. The number of rotatable bonds is 5. The summed E-state index contributed by atoms with van der Waals surface area (Å²) in [6, 6.07) is 0. The van der Waals surface area contributed by atoms with Crippen LogP contribution in [0.1, 0.15) is 44.0 Å². The number of nitrogens with zero attached hydrogens (tertiary/aromatic N) is 3. The van der Waals surface area contributed by atoms with Crippen molar-refractivity contribution in [1.29, 1.82) is 0 Å². The molecule has 1 heterocycles. The van der Waals surface area contributed by atoms with Crippen LogP contribution in [0.3, 0.4) is 0 Å². The van der Waals surface area contributed by atoms with Gasteiger partial charge in [0.25, 0.3) is 5.91 Å². The van der Waals surface area contributed by atoms with Crippen LogP contribution in [-0.4, -0.2) is 48.5 Å². The van der Waals surface area contributed by atoms with Crippen LogP contribution < -0.4 is 11.5 Å². The lowest BCUT2D eigenvalue weighted by molar-refractivity contribution is -0.119. The number of hydrogen-bond acceptors (Lipinski definition) is 6. The lowest BCUT2D eigenvalue weighted by Gasteiger charge is -2.11. The first-order chi connectivity index (χ1) is 16.8. The molecule has 37 heavy (non-hydrogen) atoms. The number of aromatic nitrogens is 1. The van der Waals surface area contributed by atoms with Gasteiger partial charge < -0.3 is 15.9 Å². The van der Waals surface area contributed by atoms with Crippen molar-refractivity contribution in [3.63, 3.8) is 0 Å². The number of halogens is 9. The molecular formula is C21H24F9N5O2. The first kappa shape index (κ1) is 31.7. The zero-order valence-corrected chi connectivity index (χ0v) is 19.8. The standard InChI is InChI=1S/C15H19F3N2O.C6H5F6N3O/c1-9(2)10(8-13(19-3)15(16,17)18)14-20-11-6-4-5-7-12(11)21-14;7-5(8,9)3(13)2(4(14)16)1-15-6(10,11)12/h8-9H,4-7H2,1-3H3;1H,13H2,(H2,14,16)/b10-8+,19-13?;3-2+,15-1+. The molecular weight excluding hydrogens is 525 g/mol. The van der Waals surface area contributed by atoms with Crippen LogP contribution in [0.5, 0.6) is 0 Å². The maximum atomic E-state index is 12.9. The van der Waals surface area contributed by atoms with Gasteiger partial charge in [0.2, 0.25) is 5.89 Å². The molecule has 0 spiro atoms. The molecule has 0 fully saturated rings. The van der Waals surface area contributed by atoms with Crippen molar-refractivity contribution in [2.45, 2.75) is 58.2 Å². The molecule has 1 amide bonds. The molecule has 0 saturated heterocycles. The number of allylic oxidation sites excluding steroid dienone is 3. The highest BCUT2D eigenvalue weighted by Gasteiger charge is 2.36. The molecule has 0 aromatic carbocycles. The Balaban J connectivity index is 0.000000387. The van der Waals surface area contributed by atoms with Crippen molar-refractivity contribution in [3.05, 3.63) is 34.7 Å². The number of oxazole rings is 1. The lowest BCUT2D eigenvalue weighted by Crippen LogP contribution is -2.28. The van der Waals surface area contributed by atoms with Crippen molar-refractivity contribution in [1.82, 2.24) is 4.98 Å². The maximum absolute atomic E-state index is 12.9. The summed E-state index contributed by atoms with van der Waals surface area (Å²) < 4.78 is 115. The molecule has 1 aromatic rings. The SMILES string of the molecule is CN=C(/C=C(/c1nc2c(o1)CCCC2)C(C)C)C(F)(F)F.NC(=O)C(/C=N/C(F)(F)F)=C(/N)C(F)(F)F. The van der Waals surface area contributed by atoms with E-state index >= 15 is 0 Å². The van der Waals surface area contributed by atoms with E-state index in [4.69, 9.17) is 4.42 Å². The number of aliphatic imine (C=N–C) groups is 2. The zero-order chi connectivity index (χ0) is 28.8. The minimum atomic E-state index is -5.16. The minimum Gasteiger partial charge on any atom is -0.441 e. The molecule has 2 rings (SSSR count). The third-order valence-electron chi connectivity index (χ3n) is 4.74. The Bertz CT molecular complexity index is 1050. The van der Waals surface area contributed by atoms with E-state index in [0.717, 1.165) is 50.3 Å². The van der Waals surface area contributed by atoms with Crippen molar-refractivity contribution >= 4 is 23.4 Å². The van der Waals surface area contributed by atoms with E-state index in [1.807, 2.05) is 13.8 Å². The molecule has 1 aliphatic rings. The van der Waals surface area contributed by atoms with Gasteiger partial charge in [-0.25, -0.2) is 4.98 Å². The van der Waals surface area contributed by atoms with Crippen LogP contribution in [0.25, 0.3) is 5.57 Å². The lowest BCUT2D eigenvalue weighted by atomic mass is 10.0. The molecule has 0 bridgehead atoms. The summed E-state index contributed by atoms with van der Waals surface area (Å²) in [5.74, 6) is -0.792. The van der Waals surface area contributed by atoms with E-state index in [9.17, 15) is 44.3 Å². The van der Waals surface area contributed by atoms with E-state index in [1.165, 1.54) is 0 Å². The van der Waals surface area contributed by atoms with Crippen molar-refractivity contribution in [2.75, 3.05) is 7.05 Å². The average molecular weight is 549 g/mol. The maximum Gasteiger partial charge on any atom is 0.503 e. The third-order valence-corrected chi connectivity index (χ3v) is 4.74. The van der Waals surface area contributed by atoms with Crippen molar-refractivity contribution in [3.8, 4) is 0 Å². The Kier molecular flexibility index (Phi) is 10.5. The quantitative estimate of drug-likeness (QED) is 0.231. The minimum absolute atomic E-state index is 0.135. The second-order valence-corrected chi connectivity index (χ2v) is 7.87. The molecule has 1 aliphatic carbocycles. The van der Waals surface area contributed by atoms with Gasteiger partial charge in [-0.05, 0) is 31.3 Å². The first-order valence-electron chi connectivity index (χ1n) is 10.5. The van der Waals surface area contributed by atoms with Gasteiger partial charge in [0, 0.05) is 25.3 Å². The topological polar surface area (TPSA) is 120 Å². The summed E-state index contributed by atoms with van der Waals surface area (Å²) in [7, 11) is 1.14. The normalized spacial score (nSPS) is 16.4. The second-order valence-electron chi connectivity index (χ2n) is 7.87. The molecule has 0 radical (unpaired) electrons. The smallest absolute Gasteiger partial charge is 0.441 e. The molecule has 0 saturated carbocycles. The average Bonchev–Trinajstić information content (AvgIpc) is 3.15. The molecule has 7 nitrogen and oxygen atoms in total. The summed E-state index contributed by atoms with van der Waals surface area (Å²) >= 11 is 0. The largest absolute Gasteiger partial charge is 0.503 e. The summed E-state index contributed by atoms with van der Waals surface area (Å²) in [4.78, 5) is 19.9. The van der Waals surface area contributed by atoms with Crippen LogP contribution in [0.15, 0.2) is 31.7 Å². The van der Waals surface area contributed by atoms with Crippen LogP contribution in [-0.2, 0) is 17.6 Å². The number of alkyl halides is 9. The fourth-order valence-electron chi connectivity index (χ4n) is 2.93. The number of aryl methyl sites for hydroxylation is 2. The van der Waals surface area contributed by atoms with E-state index < -0.39 is 41.5 Å². The summed E-state index contributed by atoms with van der Waals surface area (Å²) in [6.45, 7) is 3.64. The number of amides is 1. The van der Waals surface area contributed by atoms with E-state index in [2.05, 4.69) is 21.4 Å². The third kappa shape index (κ3) is 9.92. The first-order valence-corrected chi connectivity index (χ1v) is 10.5. The molecule has 4 N–H and O–H groups in total. The number of carbonyl (C=O) groups is 1. The Labute approximate surface area is 205 Å². The van der Waals surface area contributed by atoms with E-state index in [0.29, 0.717) is 11.5 Å². The van der Waals surface area contributed by atoms with Crippen LogP contribution in [0, 0.1) is 5.92 Å². The van der Waals surface area contributed by atoms with E-state index in [1.54, 1.807) is 4.99 Å². The molecule has 1 aromatic heterocycles. The van der Waals surface area contributed by atoms with Crippen molar-refractivity contribution < 1.29 is 48.7 Å². The van der Waals surface area contributed by atoms with Gasteiger partial charge in [-0.3, -0.25) is 9.79 Å². The van der Waals surface area contributed by atoms with Gasteiger partial charge in [0.05, 0.1) is 11.3 Å². The van der Waals surface area contributed by atoms with Crippen molar-refractivity contribution in [2.24, 2.45) is 27.4 Å². The Hall–Kier alpha value is -3.33. The van der Waals surface area contributed by atoms with E-state index in [-0.39, 0.29) is 12.1 Å². The van der Waals surface area contributed by atoms with Gasteiger partial charge in [0.15, 0.2) is 0 Å². The van der Waals surface area contributed by atoms with Gasteiger partial charge >= 0.3 is 18.7 Å². The predicted octanol–water partition coefficient (Wildman–Crippen LogP) is 5.06. The molecule has 16 heteroatoms. The van der Waals surface area contributed by atoms with Gasteiger partial charge in [-0.2, -0.15) is 31.3 Å².